The van der Waals surface area contributed by atoms with E-state index in [-0.39, 0.29) is 5.02 Å². The van der Waals surface area contributed by atoms with E-state index in [1.807, 2.05) is 0 Å². The molecule has 8 heavy (non-hydrogen) atoms. The zero-order valence-electron chi connectivity index (χ0n) is 3.81. The molecule has 0 bridgehead atoms. The minimum atomic E-state index is -0.655. The quantitative estimate of drug-likeness (QED) is 0.531. The maximum Gasteiger partial charge on any atom is 0.234 e. The van der Waals surface area contributed by atoms with Crippen molar-refractivity contribution in [3.8, 4) is 0 Å². The molecule has 0 unspecified atom stereocenters. The molecule has 0 saturated heterocycles. The summed E-state index contributed by atoms with van der Waals surface area (Å²) >= 11 is 5.30. The van der Waals surface area contributed by atoms with Crippen LogP contribution in [0, 0.1) is 5.95 Å². The van der Waals surface area contributed by atoms with E-state index >= 15 is 0 Å². The van der Waals surface area contributed by atoms with Crippen LogP contribution < -0.4 is 0 Å². The Labute approximate surface area is 50.3 Å². The predicted molar refractivity (Wildman–Crippen MR) is 27.0 cm³/mol. The van der Waals surface area contributed by atoms with Gasteiger partial charge in [-0.3, -0.25) is 0 Å². The summed E-state index contributed by atoms with van der Waals surface area (Å²) in [6, 6.07) is 1.09. The lowest BCUT2D eigenvalue weighted by Gasteiger charge is -1.83. The van der Waals surface area contributed by atoms with Gasteiger partial charge in [-0.2, -0.15) is 9.49 Å². The molecule has 42 valence electrons. The van der Waals surface area contributed by atoms with Crippen LogP contribution in [-0.4, -0.2) is 10.2 Å². The van der Waals surface area contributed by atoms with Crippen LogP contribution >= 0.6 is 11.6 Å². The molecular formula is C4H2ClFN2. The van der Waals surface area contributed by atoms with Gasteiger partial charge in [0, 0.05) is 6.07 Å². The SMILES string of the molecule is Fc1cc(Cl)cnn1. The second kappa shape index (κ2) is 2.05. The van der Waals surface area contributed by atoms with Crippen LogP contribution in [0.5, 0.6) is 0 Å². The van der Waals surface area contributed by atoms with Gasteiger partial charge < -0.3 is 0 Å². The molecule has 0 aromatic carbocycles. The van der Waals surface area contributed by atoms with Crippen LogP contribution in [0.3, 0.4) is 0 Å². The number of hydrogen-bond donors (Lipinski definition) is 0. The molecule has 1 heterocycles. The van der Waals surface area contributed by atoms with Gasteiger partial charge in [-0.25, -0.2) is 0 Å². The summed E-state index contributed by atoms with van der Waals surface area (Å²) in [4.78, 5) is 0. The Bertz CT molecular complexity index is 174. The van der Waals surface area contributed by atoms with Crippen molar-refractivity contribution < 1.29 is 4.39 Å². The topological polar surface area (TPSA) is 25.8 Å². The molecule has 1 aromatic rings. The first kappa shape index (κ1) is 5.44. The van der Waals surface area contributed by atoms with Crippen LogP contribution in [-0.2, 0) is 0 Å². The number of rotatable bonds is 0. The summed E-state index contributed by atoms with van der Waals surface area (Å²) in [6.45, 7) is 0. The van der Waals surface area contributed by atoms with Crippen molar-refractivity contribution in [1.82, 2.24) is 10.2 Å². The highest BCUT2D eigenvalue weighted by Gasteiger charge is 1.89. The molecule has 0 atom stereocenters. The van der Waals surface area contributed by atoms with E-state index in [0.717, 1.165) is 6.07 Å². The van der Waals surface area contributed by atoms with Crippen LogP contribution in [0.25, 0.3) is 0 Å². The Morgan fingerprint density at radius 2 is 2.38 bits per heavy atom. The summed E-state index contributed by atoms with van der Waals surface area (Å²) in [7, 11) is 0. The average molecular weight is 133 g/mol. The fourth-order valence-electron chi connectivity index (χ4n) is 0.319. The van der Waals surface area contributed by atoms with E-state index < -0.39 is 5.95 Å². The second-order valence-corrected chi connectivity index (χ2v) is 1.63. The molecule has 1 rings (SSSR count). The molecule has 0 aliphatic carbocycles. The molecule has 0 radical (unpaired) electrons. The summed E-state index contributed by atoms with van der Waals surface area (Å²) in [5.41, 5.74) is 0. The van der Waals surface area contributed by atoms with Gasteiger partial charge >= 0.3 is 0 Å². The Hall–Kier alpha value is -0.700. The maximum absolute atomic E-state index is 11.9. The van der Waals surface area contributed by atoms with E-state index in [1.165, 1.54) is 6.20 Å². The largest absolute Gasteiger partial charge is 0.234 e. The highest BCUT2D eigenvalue weighted by atomic mass is 35.5. The lowest BCUT2D eigenvalue weighted by atomic mass is 10.6. The molecule has 2 nitrogen and oxygen atoms in total. The molecule has 1 aromatic heterocycles. The minimum Gasteiger partial charge on any atom is -0.183 e. The molecule has 0 amide bonds. The van der Waals surface area contributed by atoms with Crippen molar-refractivity contribution in [2.24, 2.45) is 0 Å². The van der Waals surface area contributed by atoms with Gasteiger partial charge in [0.2, 0.25) is 5.95 Å². The number of nitrogens with zero attached hydrogens (tertiary/aromatic N) is 2. The smallest absolute Gasteiger partial charge is 0.183 e. The van der Waals surface area contributed by atoms with E-state index in [1.54, 1.807) is 0 Å². The first-order valence-electron chi connectivity index (χ1n) is 1.93. The Kier molecular flexibility index (Phi) is 1.39. The van der Waals surface area contributed by atoms with Gasteiger partial charge in [0.25, 0.3) is 0 Å². The molecule has 4 heteroatoms. The minimum absolute atomic E-state index is 0.262. The van der Waals surface area contributed by atoms with E-state index in [4.69, 9.17) is 11.6 Å². The normalized spacial score (nSPS) is 9.25. The van der Waals surface area contributed by atoms with Crippen LogP contribution in [0.1, 0.15) is 0 Å². The van der Waals surface area contributed by atoms with E-state index in [2.05, 4.69) is 10.2 Å². The third kappa shape index (κ3) is 1.13. The molecule has 0 N–H and O–H groups in total. The first-order chi connectivity index (χ1) is 3.79. The molecule has 0 saturated carbocycles. The van der Waals surface area contributed by atoms with Gasteiger partial charge in [-0.1, -0.05) is 11.6 Å². The zero-order valence-corrected chi connectivity index (χ0v) is 4.56. The third-order valence-electron chi connectivity index (χ3n) is 0.591. The Morgan fingerprint density at radius 1 is 1.62 bits per heavy atom. The Balaban J connectivity index is 3.08. The number of hydrogen-bond acceptors (Lipinski definition) is 2. The lowest BCUT2D eigenvalue weighted by molar-refractivity contribution is 0.563. The van der Waals surface area contributed by atoms with Crippen LogP contribution in [0.15, 0.2) is 12.3 Å². The Morgan fingerprint density at radius 3 is 2.75 bits per heavy atom. The van der Waals surface area contributed by atoms with Crippen molar-refractivity contribution in [3.05, 3.63) is 23.2 Å². The number of aromatic nitrogens is 2. The van der Waals surface area contributed by atoms with Crippen LogP contribution in [0.4, 0.5) is 4.39 Å². The van der Waals surface area contributed by atoms with Gasteiger partial charge in [-0.05, 0) is 0 Å². The highest BCUT2D eigenvalue weighted by Crippen LogP contribution is 2.03. The van der Waals surface area contributed by atoms with Crippen molar-refractivity contribution >= 4 is 11.6 Å². The van der Waals surface area contributed by atoms with Crippen molar-refractivity contribution in [2.45, 2.75) is 0 Å². The first-order valence-corrected chi connectivity index (χ1v) is 2.30. The van der Waals surface area contributed by atoms with Crippen LogP contribution in [0.2, 0.25) is 5.02 Å². The van der Waals surface area contributed by atoms with Crippen molar-refractivity contribution in [3.63, 3.8) is 0 Å². The predicted octanol–water partition coefficient (Wildman–Crippen LogP) is 1.27. The fraction of sp³-hybridized carbons (Fsp3) is 0. The molecule has 0 aliphatic rings. The van der Waals surface area contributed by atoms with E-state index in [0.29, 0.717) is 0 Å². The standard InChI is InChI=1S/C4H2ClFN2/c5-3-1-4(6)8-7-2-3/h1-2H. The highest BCUT2D eigenvalue weighted by molar-refractivity contribution is 6.30. The second-order valence-electron chi connectivity index (χ2n) is 1.20. The van der Waals surface area contributed by atoms with Gasteiger partial charge in [-0.15, -0.1) is 5.10 Å². The van der Waals surface area contributed by atoms with Gasteiger partial charge in [0.1, 0.15) is 0 Å². The maximum atomic E-state index is 11.9. The fourth-order valence-corrected chi connectivity index (χ4v) is 0.453. The van der Waals surface area contributed by atoms with E-state index in [9.17, 15) is 4.39 Å². The summed E-state index contributed by atoms with van der Waals surface area (Å²) < 4.78 is 11.9. The van der Waals surface area contributed by atoms with Crippen molar-refractivity contribution in [2.75, 3.05) is 0 Å². The molecule has 0 aliphatic heterocycles. The summed E-state index contributed by atoms with van der Waals surface area (Å²) in [5.74, 6) is -0.655. The molecular weight excluding hydrogens is 131 g/mol. The molecule has 0 fully saturated rings. The van der Waals surface area contributed by atoms with Gasteiger partial charge in [0.15, 0.2) is 0 Å². The monoisotopic (exact) mass is 132 g/mol. The number of halogens is 2. The summed E-state index contributed by atoms with van der Waals surface area (Å²) in [5, 5.41) is 6.53. The van der Waals surface area contributed by atoms with Gasteiger partial charge in [0.05, 0.1) is 11.2 Å². The average Bonchev–Trinajstić information content (AvgIpc) is 1.64. The van der Waals surface area contributed by atoms with Crippen molar-refractivity contribution in [1.29, 1.82) is 0 Å². The lowest BCUT2D eigenvalue weighted by Crippen LogP contribution is -1.83. The third-order valence-corrected chi connectivity index (χ3v) is 0.798. The zero-order chi connectivity index (χ0) is 5.98. The molecule has 0 spiro atoms. The summed E-state index contributed by atoms with van der Waals surface area (Å²) in [6.07, 6.45) is 1.27.